The molecule has 1 aliphatic carbocycles. The van der Waals surface area contributed by atoms with Gasteiger partial charge in [-0.3, -0.25) is 14.4 Å². The molecular formula is C31H39N3O4S. The summed E-state index contributed by atoms with van der Waals surface area (Å²) in [7, 11) is 0. The van der Waals surface area contributed by atoms with E-state index in [0.717, 1.165) is 44.2 Å². The lowest BCUT2D eigenvalue weighted by molar-refractivity contribution is -0.144. The summed E-state index contributed by atoms with van der Waals surface area (Å²) >= 11 is 1.66. The van der Waals surface area contributed by atoms with Crippen LogP contribution in [0.2, 0.25) is 0 Å². The number of hydrogen-bond donors (Lipinski definition) is 1. The average molecular weight is 550 g/mol. The van der Waals surface area contributed by atoms with Crippen LogP contribution >= 0.6 is 11.8 Å². The standard InChI is InChI=1S/C31H39N3O4S/c35-21-9-3-8-18-34-27-30(38)33(23-14-6-2-7-15-23)20-11-17-31(27)26(29(34)37)25-24(39-31)16-10-19-32(28(25)36)22-12-4-1-5-13-22/h1,4-5,10-13,16-17,23-27,35H,2-3,6-9,14-15,18-21H2/t24-,25+,26+,27?,31+/m1/s1. The predicted molar refractivity (Wildman–Crippen MR) is 153 cm³/mol. The largest absolute Gasteiger partial charge is 0.396 e. The van der Waals surface area contributed by atoms with Crippen molar-refractivity contribution >= 4 is 35.2 Å². The summed E-state index contributed by atoms with van der Waals surface area (Å²) in [6, 6.07) is 9.27. The van der Waals surface area contributed by atoms with Crippen molar-refractivity contribution in [3.05, 3.63) is 54.6 Å². The summed E-state index contributed by atoms with van der Waals surface area (Å²) in [5, 5.41) is 9.13. The lowest BCUT2D eigenvalue weighted by Crippen LogP contribution is -2.55. The fraction of sp³-hybridized carbons (Fsp3) is 0.581. The Kier molecular flexibility index (Phi) is 7.60. The molecule has 4 heterocycles. The van der Waals surface area contributed by atoms with Crippen molar-refractivity contribution in [2.75, 3.05) is 31.1 Å². The first-order valence-corrected chi connectivity index (χ1v) is 15.5. The summed E-state index contributed by atoms with van der Waals surface area (Å²) in [6.45, 7) is 1.64. The number of aliphatic hydroxyl groups excluding tert-OH is 1. The SMILES string of the molecule is O=C1[C@@H]2[C@H]3C(=O)N(CCCCCO)C4C(=O)N(C5CCCCC5)CC=C[C@@]43S[C@@H]2C=CCN1c1ccccc1. The Morgan fingerprint density at radius 1 is 0.897 bits per heavy atom. The highest BCUT2D eigenvalue weighted by molar-refractivity contribution is 8.02. The molecule has 5 atom stereocenters. The van der Waals surface area contributed by atoms with E-state index in [-0.39, 0.29) is 35.6 Å². The van der Waals surface area contributed by atoms with E-state index in [1.54, 1.807) is 16.7 Å². The molecule has 0 bridgehead atoms. The third kappa shape index (κ3) is 4.53. The lowest BCUT2D eigenvalue weighted by atomic mass is 9.78. The van der Waals surface area contributed by atoms with Gasteiger partial charge in [-0.25, -0.2) is 0 Å². The van der Waals surface area contributed by atoms with Crippen LogP contribution in [-0.4, -0.2) is 80.9 Å². The van der Waals surface area contributed by atoms with Gasteiger partial charge >= 0.3 is 0 Å². The molecule has 1 spiro atoms. The maximum Gasteiger partial charge on any atom is 0.247 e. The zero-order valence-electron chi connectivity index (χ0n) is 22.5. The minimum Gasteiger partial charge on any atom is -0.396 e. The van der Waals surface area contributed by atoms with E-state index in [2.05, 4.69) is 18.2 Å². The van der Waals surface area contributed by atoms with Gasteiger partial charge < -0.3 is 19.8 Å². The van der Waals surface area contributed by atoms with Gasteiger partial charge in [0.15, 0.2) is 0 Å². The number of unbranched alkanes of at least 4 members (excludes halogenated alkanes) is 2. The monoisotopic (exact) mass is 549 g/mol. The molecule has 1 unspecified atom stereocenters. The van der Waals surface area contributed by atoms with Crippen LogP contribution in [-0.2, 0) is 14.4 Å². The Bertz CT molecular complexity index is 1150. The minimum absolute atomic E-state index is 0.0333. The number of thioether (sulfide) groups is 1. The molecule has 1 aromatic rings. The van der Waals surface area contributed by atoms with E-state index in [1.165, 1.54) is 6.42 Å². The predicted octanol–water partition coefficient (Wildman–Crippen LogP) is 3.78. The molecule has 0 aromatic heterocycles. The molecule has 208 valence electrons. The van der Waals surface area contributed by atoms with Crippen molar-refractivity contribution in [2.24, 2.45) is 11.8 Å². The Morgan fingerprint density at radius 2 is 1.69 bits per heavy atom. The van der Waals surface area contributed by atoms with Crippen molar-refractivity contribution in [3.8, 4) is 0 Å². The highest BCUT2D eigenvalue weighted by Gasteiger charge is 2.71. The Balaban J connectivity index is 1.38. The number of likely N-dealkylation sites (tertiary alicyclic amines) is 1. The number of hydrogen-bond acceptors (Lipinski definition) is 5. The molecular weight excluding hydrogens is 510 g/mol. The van der Waals surface area contributed by atoms with Crippen LogP contribution in [0.5, 0.6) is 0 Å². The highest BCUT2D eigenvalue weighted by Crippen LogP contribution is 2.61. The van der Waals surface area contributed by atoms with E-state index < -0.39 is 22.6 Å². The molecule has 1 N–H and O–H groups in total. The highest BCUT2D eigenvalue weighted by atomic mass is 32.2. The number of anilines is 1. The number of para-hydroxylation sites is 1. The fourth-order valence-corrected chi connectivity index (χ4v) is 9.53. The minimum atomic E-state index is -0.760. The molecule has 4 aliphatic heterocycles. The van der Waals surface area contributed by atoms with Crippen molar-refractivity contribution in [1.82, 2.24) is 9.80 Å². The molecule has 3 fully saturated rings. The van der Waals surface area contributed by atoms with Gasteiger partial charge in [-0.2, -0.15) is 0 Å². The number of nitrogens with zero attached hydrogens (tertiary/aromatic N) is 3. The summed E-state index contributed by atoms with van der Waals surface area (Å²) < 4.78 is -0.760. The van der Waals surface area contributed by atoms with Gasteiger partial charge in [0.25, 0.3) is 0 Å². The number of fused-ring (bicyclic) bond motifs is 2. The van der Waals surface area contributed by atoms with Gasteiger partial charge in [0, 0.05) is 43.2 Å². The molecule has 8 heteroatoms. The van der Waals surface area contributed by atoms with Gasteiger partial charge in [-0.05, 0) is 44.2 Å². The van der Waals surface area contributed by atoms with Crippen LogP contribution in [0.15, 0.2) is 54.6 Å². The van der Waals surface area contributed by atoms with Crippen molar-refractivity contribution in [1.29, 1.82) is 0 Å². The van der Waals surface area contributed by atoms with Crippen molar-refractivity contribution in [3.63, 3.8) is 0 Å². The molecule has 7 nitrogen and oxygen atoms in total. The first kappa shape index (κ1) is 26.6. The fourth-order valence-electron chi connectivity index (χ4n) is 7.53. The summed E-state index contributed by atoms with van der Waals surface area (Å²) in [6.07, 6.45) is 16.1. The number of amides is 3. The van der Waals surface area contributed by atoms with Crippen LogP contribution in [0.3, 0.4) is 0 Å². The molecule has 3 amide bonds. The van der Waals surface area contributed by atoms with Crippen LogP contribution < -0.4 is 4.90 Å². The van der Waals surface area contributed by atoms with E-state index in [9.17, 15) is 19.5 Å². The third-order valence-corrected chi connectivity index (χ3v) is 11.1. The second-order valence-corrected chi connectivity index (χ2v) is 13.0. The third-order valence-electron chi connectivity index (χ3n) is 9.33. The van der Waals surface area contributed by atoms with Gasteiger partial charge in [-0.15, -0.1) is 11.8 Å². The van der Waals surface area contributed by atoms with Gasteiger partial charge in [0.1, 0.15) is 6.04 Å². The maximum atomic E-state index is 14.5. The molecule has 39 heavy (non-hydrogen) atoms. The van der Waals surface area contributed by atoms with Gasteiger partial charge in [-0.1, -0.05) is 61.8 Å². The summed E-state index contributed by atoms with van der Waals surface area (Å²) in [5.74, 6) is -1.16. The Hall–Kier alpha value is -2.58. The van der Waals surface area contributed by atoms with E-state index in [4.69, 9.17) is 0 Å². The normalized spacial score (nSPS) is 32.7. The molecule has 1 saturated carbocycles. The van der Waals surface area contributed by atoms with Gasteiger partial charge in [0.05, 0.1) is 16.6 Å². The lowest BCUT2D eigenvalue weighted by Gasteiger charge is -2.39. The first-order valence-electron chi connectivity index (χ1n) is 14.7. The number of rotatable bonds is 7. The molecule has 5 aliphatic rings. The van der Waals surface area contributed by atoms with Crippen LogP contribution in [0.25, 0.3) is 0 Å². The molecule has 0 radical (unpaired) electrons. The first-order chi connectivity index (χ1) is 19.1. The van der Waals surface area contributed by atoms with Crippen molar-refractivity contribution in [2.45, 2.75) is 73.4 Å². The number of carbonyl (C=O) groups is 3. The second-order valence-electron chi connectivity index (χ2n) is 11.6. The maximum absolute atomic E-state index is 14.5. The van der Waals surface area contributed by atoms with Crippen LogP contribution in [0, 0.1) is 11.8 Å². The van der Waals surface area contributed by atoms with Gasteiger partial charge in [0.2, 0.25) is 17.7 Å². The zero-order valence-corrected chi connectivity index (χ0v) is 23.3. The summed E-state index contributed by atoms with van der Waals surface area (Å²) in [5.41, 5.74) is 0.831. The van der Waals surface area contributed by atoms with E-state index in [0.29, 0.717) is 26.1 Å². The average Bonchev–Trinajstić information content (AvgIpc) is 3.27. The smallest absolute Gasteiger partial charge is 0.247 e. The molecule has 2 saturated heterocycles. The topological polar surface area (TPSA) is 81.2 Å². The number of carbonyl (C=O) groups excluding carboxylic acids is 3. The quantitative estimate of drug-likeness (QED) is 0.414. The molecule has 1 aromatic carbocycles. The van der Waals surface area contributed by atoms with Crippen LogP contribution in [0.4, 0.5) is 5.69 Å². The Morgan fingerprint density at radius 3 is 2.46 bits per heavy atom. The zero-order chi connectivity index (χ0) is 27.0. The van der Waals surface area contributed by atoms with E-state index in [1.807, 2.05) is 46.2 Å². The second kappa shape index (κ2) is 11.1. The Labute approximate surface area is 235 Å². The molecule has 6 rings (SSSR count). The number of aliphatic hydroxyl groups is 1. The van der Waals surface area contributed by atoms with Crippen LogP contribution in [0.1, 0.15) is 51.4 Å². The summed E-state index contributed by atoms with van der Waals surface area (Å²) in [4.78, 5) is 48.7. The van der Waals surface area contributed by atoms with E-state index >= 15 is 0 Å². The van der Waals surface area contributed by atoms with Crippen molar-refractivity contribution < 1.29 is 19.5 Å². The number of benzene rings is 1.